The van der Waals surface area contributed by atoms with E-state index in [0.717, 1.165) is 22.8 Å². The second-order valence-electron chi connectivity index (χ2n) is 7.63. The number of rotatable bonds is 4. The van der Waals surface area contributed by atoms with Crippen molar-refractivity contribution in [2.45, 2.75) is 34.6 Å². The first-order chi connectivity index (χ1) is 11.8. The highest BCUT2D eigenvalue weighted by molar-refractivity contribution is 5.96. The topological polar surface area (TPSA) is 54.9 Å². The molecule has 1 amide bonds. The first-order valence-electron chi connectivity index (χ1n) is 8.65. The first kappa shape index (κ1) is 17.3. The molecule has 25 heavy (non-hydrogen) atoms. The molecule has 4 heteroatoms. The number of carbonyl (C=O) groups is 1. The van der Waals surface area contributed by atoms with Crippen molar-refractivity contribution >= 4 is 11.6 Å². The Bertz CT molecular complexity index is 835. The molecular formula is C21H25N3O. The molecule has 2 aromatic rings. The van der Waals surface area contributed by atoms with Gasteiger partial charge in [-0.3, -0.25) is 4.79 Å². The minimum absolute atomic E-state index is 0.0166. The lowest BCUT2D eigenvalue weighted by atomic mass is 10.1. The Morgan fingerprint density at radius 3 is 2.68 bits per heavy atom. The monoisotopic (exact) mass is 335 g/mol. The quantitative estimate of drug-likeness (QED) is 0.829. The van der Waals surface area contributed by atoms with Gasteiger partial charge in [-0.25, -0.2) is 9.97 Å². The van der Waals surface area contributed by atoms with Gasteiger partial charge in [0, 0.05) is 17.4 Å². The van der Waals surface area contributed by atoms with Crippen molar-refractivity contribution < 1.29 is 4.79 Å². The number of hydrogen-bond acceptors (Lipinski definition) is 3. The fourth-order valence-corrected chi connectivity index (χ4v) is 3.44. The zero-order chi connectivity index (χ0) is 18.2. The van der Waals surface area contributed by atoms with E-state index >= 15 is 0 Å². The average Bonchev–Trinajstić information content (AvgIpc) is 3.07. The number of anilines is 1. The first-order valence-corrected chi connectivity index (χ1v) is 8.65. The molecule has 1 N–H and O–H groups in total. The lowest BCUT2D eigenvalue weighted by Gasteiger charge is -2.08. The van der Waals surface area contributed by atoms with E-state index in [1.54, 1.807) is 6.20 Å². The van der Waals surface area contributed by atoms with Crippen molar-refractivity contribution in [1.29, 1.82) is 0 Å². The molecule has 3 rings (SSSR count). The molecule has 2 atom stereocenters. The van der Waals surface area contributed by atoms with Crippen LogP contribution < -0.4 is 5.32 Å². The summed E-state index contributed by atoms with van der Waals surface area (Å²) < 4.78 is 0. The third kappa shape index (κ3) is 3.63. The van der Waals surface area contributed by atoms with E-state index < -0.39 is 0 Å². The molecule has 0 bridgehead atoms. The molecule has 1 aromatic heterocycles. The van der Waals surface area contributed by atoms with Crippen LogP contribution >= 0.6 is 0 Å². The van der Waals surface area contributed by atoms with Crippen LogP contribution in [-0.2, 0) is 4.79 Å². The molecule has 0 unspecified atom stereocenters. The van der Waals surface area contributed by atoms with Crippen LogP contribution in [0.5, 0.6) is 0 Å². The van der Waals surface area contributed by atoms with E-state index in [4.69, 9.17) is 0 Å². The standard InChI is InChI=1S/C21H25N3O/c1-13(2)11-17-19(21(17,4)5)20(25)24-16-8-6-7-15(12-16)18-9-10-22-14(3)23-18/h6-12,17,19H,1-5H3,(H,24,25)/t17-,19+/m1/s1. The number of carbonyl (C=O) groups excluding carboxylic acids is 1. The van der Waals surface area contributed by atoms with Gasteiger partial charge in [-0.15, -0.1) is 0 Å². The zero-order valence-electron chi connectivity index (χ0n) is 15.5. The summed E-state index contributed by atoms with van der Waals surface area (Å²) in [4.78, 5) is 21.3. The number of benzene rings is 1. The van der Waals surface area contributed by atoms with Gasteiger partial charge in [0.05, 0.1) is 11.6 Å². The number of amides is 1. The van der Waals surface area contributed by atoms with Crippen LogP contribution in [0, 0.1) is 24.2 Å². The molecule has 0 aliphatic heterocycles. The minimum atomic E-state index is 0.0166. The number of nitrogens with zero attached hydrogens (tertiary/aromatic N) is 2. The van der Waals surface area contributed by atoms with E-state index in [-0.39, 0.29) is 17.2 Å². The maximum absolute atomic E-state index is 12.7. The Morgan fingerprint density at radius 2 is 2.00 bits per heavy atom. The fourth-order valence-electron chi connectivity index (χ4n) is 3.44. The molecule has 130 valence electrons. The highest BCUT2D eigenvalue weighted by atomic mass is 16.2. The van der Waals surface area contributed by atoms with Gasteiger partial charge in [0.2, 0.25) is 5.91 Å². The number of aromatic nitrogens is 2. The normalized spacial score (nSPS) is 20.7. The van der Waals surface area contributed by atoms with Crippen LogP contribution in [0.1, 0.15) is 33.5 Å². The summed E-state index contributed by atoms with van der Waals surface area (Å²) in [5.74, 6) is 1.15. The van der Waals surface area contributed by atoms with Gasteiger partial charge < -0.3 is 5.32 Å². The maximum atomic E-state index is 12.7. The zero-order valence-corrected chi connectivity index (χ0v) is 15.5. The van der Waals surface area contributed by atoms with Crippen LogP contribution in [0.2, 0.25) is 0 Å². The van der Waals surface area contributed by atoms with Crippen LogP contribution in [0.15, 0.2) is 48.2 Å². The van der Waals surface area contributed by atoms with Gasteiger partial charge in [-0.05, 0) is 50.3 Å². The summed E-state index contributed by atoms with van der Waals surface area (Å²) in [7, 11) is 0. The van der Waals surface area contributed by atoms with Gasteiger partial charge in [0.15, 0.2) is 0 Å². The Balaban J connectivity index is 1.77. The number of hydrogen-bond donors (Lipinski definition) is 1. The van der Waals surface area contributed by atoms with E-state index in [9.17, 15) is 4.79 Å². The van der Waals surface area contributed by atoms with E-state index in [1.165, 1.54) is 5.57 Å². The average molecular weight is 335 g/mol. The summed E-state index contributed by atoms with van der Waals surface area (Å²) in [5, 5.41) is 3.08. The van der Waals surface area contributed by atoms with E-state index in [1.807, 2.05) is 37.3 Å². The highest BCUT2D eigenvalue weighted by Gasteiger charge is 2.60. The second-order valence-corrected chi connectivity index (χ2v) is 7.63. The van der Waals surface area contributed by atoms with Crippen LogP contribution in [0.3, 0.4) is 0 Å². The third-order valence-corrected chi connectivity index (χ3v) is 4.91. The lowest BCUT2D eigenvalue weighted by Crippen LogP contribution is -2.16. The van der Waals surface area contributed by atoms with E-state index in [0.29, 0.717) is 5.92 Å². The molecule has 1 fully saturated rings. The van der Waals surface area contributed by atoms with Gasteiger partial charge >= 0.3 is 0 Å². The molecule has 0 saturated heterocycles. The predicted octanol–water partition coefficient (Wildman–Crippen LogP) is 4.63. The molecule has 1 aliphatic carbocycles. The molecule has 4 nitrogen and oxygen atoms in total. The summed E-state index contributed by atoms with van der Waals surface area (Å²) in [5.41, 5.74) is 3.91. The van der Waals surface area contributed by atoms with Crippen molar-refractivity contribution in [1.82, 2.24) is 9.97 Å². The second kappa shape index (κ2) is 6.43. The van der Waals surface area contributed by atoms with Gasteiger partial charge in [0.1, 0.15) is 5.82 Å². The molecule has 1 heterocycles. The Kier molecular flexibility index (Phi) is 4.46. The number of nitrogens with one attached hydrogen (secondary N) is 1. The third-order valence-electron chi connectivity index (χ3n) is 4.91. The van der Waals surface area contributed by atoms with Crippen LogP contribution in [0.25, 0.3) is 11.3 Å². The SMILES string of the molecule is CC(C)=C[C@@H]1[C@@H](C(=O)Nc2cccc(-c3ccnc(C)n3)c2)C1(C)C. The number of allylic oxidation sites excluding steroid dienone is 2. The molecule has 0 spiro atoms. The van der Waals surface area contributed by atoms with Gasteiger partial charge in [-0.2, -0.15) is 0 Å². The molecule has 1 aromatic carbocycles. The molecule has 0 radical (unpaired) electrons. The van der Waals surface area contributed by atoms with Crippen LogP contribution in [-0.4, -0.2) is 15.9 Å². The van der Waals surface area contributed by atoms with Crippen molar-refractivity contribution in [3.05, 3.63) is 54.0 Å². The largest absolute Gasteiger partial charge is 0.326 e. The summed E-state index contributed by atoms with van der Waals surface area (Å²) in [6.45, 7) is 10.3. The fraction of sp³-hybridized carbons (Fsp3) is 0.381. The Morgan fingerprint density at radius 1 is 1.24 bits per heavy atom. The summed E-state index contributed by atoms with van der Waals surface area (Å²) >= 11 is 0. The molecule has 1 aliphatic rings. The Hall–Kier alpha value is -2.49. The maximum Gasteiger partial charge on any atom is 0.228 e. The lowest BCUT2D eigenvalue weighted by molar-refractivity contribution is -0.118. The number of aryl methyl sites for hydroxylation is 1. The summed E-state index contributed by atoms with van der Waals surface area (Å²) in [6, 6.07) is 9.69. The van der Waals surface area contributed by atoms with Crippen molar-refractivity contribution in [3.63, 3.8) is 0 Å². The summed E-state index contributed by atoms with van der Waals surface area (Å²) in [6.07, 6.45) is 3.96. The minimum Gasteiger partial charge on any atom is -0.326 e. The predicted molar refractivity (Wildman–Crippen MR) is 101 cm³/mol. The highest BCUT2D eigenvalue weighted by Crippen LogP contribution is 2.59. The van der Waals surface area contributed by atoms with Crippen molar-refractivity contribution in [2.75, 3.05) is 5.32 Å². The van der Waals surface area contributed by atoms with E-state index in [2.05, 4.69) is 49.1 Å². The Labute approximate surface area is 149 Å². The smallest absolute Gasteiger partial charge is 0.228 e. The van der Waals surface area contributed by atoms with Crippen molar-refractivity contribution in [3.8, 4) is 11.3 Å². The molecular weight excluding hydrogens is 310 g/mol. The van der Waals surface area contributed by atoms with Gasteiger partial charge in [0.25, 0.3) is 0 Å². The van der Waals surface area contributed by atoms with Crippen molar-refractivity contribution in [2.24, 2.45) is 17.3 Å². The van der Waals surface area contributed by atoms with Gasteiger partial charge in [-0.1, -0.05) is 37.6 Å². The molecule has 1 saturated carbocycles. The van der Waals surface area contributed by atoms with Crippen LogP contribution in [0.4, 0.5) is 5.69 Å².